The molecule has 0 spiro atoms. The summed E-state index contributed by atoms with van der Waals surface area (Å²) in [5, 5.41) is 18.4. The summed E-state index contributed by atoms with van der Waals surface area (Å²) in [6, 6.07) is 11.0. The third-order valence-corrected chi connectivity index (χ3v) is 7.42. The molecule has 2 fully saturated rings. The lowest BCUT2D eigenvalue weighted by molar-refractivity contribution is 0.0342. The van der Waals surface area contributed by atoms with E-state index >= 15 is 0 Å². The highest BCUT2D eigenvalue weighted by Crippen LogP contribution is 2.25. The summed E-state index contributed by atoms with van der Waals surface area (Å²) in [4.78, 5) is 28.9. The summed E-state index contributed by atoms with van der Waals surface area (Å²) in [6.45, 7) is 3.84. The molecule has 1 aliphatic carbocycles. The van der Waals surface area contributed by atoms with Crippen LogP contribution in [0, 0.1) is 17.8 Å². The standard InChI is InChI=1S/C29H31ClN4O4/c1-33-27-22(8-7-21-3-2-4-25(21)35)15-20(18-34-11-13-38-14-12-34)16-24(27)28(36)26(32-33)29(37)31-17-19-5-9-23(30)10-6-19/h5-6,9-10,15-16,21,25,35H,2-4,11-14,17-18H2,1H3,(H,31,37)/t21-,25+/m1/s1. The Labute approximate surface area is 226 Å². The summed E-state index contributed by atoms with van der Waals surface area (Å²) in [6.07, 6.45) is 2.14. The molecule has 1 saturated heterocycles. The smallest absolute Gasteiger partial charge is 0.276 e. The van der Waals surface area contributed by atoms with Gasteiger partial charge in [-0.25, -0.2) is 0 Å². The second-order valence-corrected chi connectivity index (χ2v) is 10.3. The molecule has 2 aliphatic rings. The van der Waals surface area contributed by atoms with Gasteiger partial charge in [-0.3, -0.25) is 19.2 Å². The molecule has 2 N–H and O–H groups in total. The second kappa shape index (κ2) is 11.7. The molecule has 3 aromatic rings. The minimum absolute atomic E-state index is 0.0872. The fourth-order valence-electron chi connectivity index (χ4n) is 5.09. The summed E-state index contributed by atoms with van der Waals surface area (Å²) in [5.74, 6) is 5.85. The summed E-state index contributed by atoms with van der Waals surface area (Å²) >= 11 is 5.94. The van der Waals surface area contributed by atoms with Gasteiger partial charge in [0.2, 0.25) is 5.43 Å². The van der Waals surface area contributed by atoms with E-state index in [1.54, 1.807) is 23.9 Å². The molecule has 198 valence electrons. The molecule has 9 heteroatoms. The van der Waals surface area contributed by atoms with Crippen LogP contribution in [0.2, 0.25) is 5.02 Å². The van der Waals surface area contributed by atoms with Crippen molar-refractivity contribution in [1.82, 2.24) is 20.0 Å². The van der Waals surface area contributed by atoms with Crippen molar-refractivity contribution in [3.8, 4) is 11.8 Å². The minimum Gasteiger partial charge on any atom is -0.392 e. The van der Waals surface area contributed by atoms with Gasteiger partial charge in [0.15, 0.2) is 5.69 Å². The number of hydrogen-bond donors (Lipinski definition) is 2. The lowest BCUT2D eigenvalue weighted by atomic mass is 10.0. The largest absolute Gasteiger partial charge is 0.392 e. The van der Waals surface area contributed by atoms with Crippen molar-refractivity contribution in [1.29, 1.82) is 0 Å². The lowest BCUT2D eigenvalue weighted by Gasteiger charge is -2.26. The monoisotopic (exact) mass is 534 g/mol. The molecule has 1 aromatic heterocycles. The maximum absolute atomic E-state index is 13.6. The van der Waals surface area contributed by atoms with Gasteiger partial charge in [0.1, 0.15) is 0 Å². The van der Waals surface area contributed by atoms with E-state index in [1.165, 1.54) is 0 Å². The molecule has 38 heavy (non-hydrogen) atoms. The highest BCUT2D eigenvalue weighted by Gasteiger charge is 2.24. The zero-order chi connectivity index (χ0) is 26.6. The lowest BCUT2D eigenvalue weighted by Crippen LogP contribution is -2.35. The zero-order valence-electron chi connectivity index (χ0n) is 21.4. The van der Waals surface area contributed by atoms with Gasteiger partial charge in [0.05, 0.1) is 35.8 Å². The Morgan fingerprint density at radius 1 is 1.18 bits per heavy atom. The number of carbonyl (C=O) groups is 1. The van der Waals surface area contributed by atoms with E-state index in [0.717, 1.165) is 43.5 Å². The van der Waals surface area contributed by atoms with Gasteiger partial charge in [0, 0.05) is 44.2 Å². The van der Waals surface area contributed by atoms with Crippen LogP contribution in [0.3, 0.4) is 0 Å². The Hall–Kier alpha value is -3.22. The first kappa shape index (κ1) is 26.4. The number of aryl methyl sites for hydroxylation is 1. The van der Waals surface area contributed by atoms with Crippen LogP contribution in [0.4, 0.5) is 0 Å². The van der Waals surface area contributed by atoms with Gasteiger partial charge >= 0.3 is 0 Å². The van der Waals surface area contributed by atoms with E-state index in [-0.39, 0.29) is 18.2 Å². The van der Waals surface area contributed by atoms with Crippen LogP contribution in [0.5, 0.6) is 0 Å². The number of aromatic nitrogens is 2. The topological polar surface area (TPSA) is 96.7 Å². The van der Waals surface area contributed by atoms with Crippen molar-refractivity contribution in [3.63, 3.8) is 0 Å². The van der Waals surface area contributed by atoms with Crippen LogP contribution in [-0.4, -0.2) is 58.1 Å². The molecule has 5 rings (SSSR count). The van der Waals surface area contributed by atoms with E-state index < -0.39 is 17.4 Å². The summed E-state index contributed by atoms with van der Waals surface area (Å²) < 4.78 is 7.03. The van der Waals surface area contributed by atoms with Crippen molar-refractivity contribution in [2.75, 3.05) is 26.3 Å². The number of aliphatic hydroxyl groups is 1. The predicted octanol–water partition coefficient (Wildman–Crippen LogP) is 2.86. The van der Waals surface area contributed by atoms with E-state index in [2.05, 4.69) is 27.2 Å². The summed E-state index contributed by atoms with van der Waals surface area (Å²) in [5.41, 5.74) is 2.45. The van der Waals surface area contributed by atoms with E-state index in [1.807, 2.05) is 24.3 Å². The average Bonchev–Trinajstić information content (AvgIpc) is 3.33. The number of hydrogen-bond acceptors (Lipinski definition) is 6. The van der Waals surface area contributed by atoms with Crippen LogP contribution < -0.4 is 10.7 Å². The number of benzene rings is 2. The van der Waals surface area contributed by atoms with Gasteiger partial charge in [0.25, 0.3) is 5.91 Å². The maximum Gasteiger partial charge on any atom is 0.276 e. The van der Waals surface area contributed by atoms with Gasteiger partial charge in [-0.2, -0.15) is 5.10 Å². The molecule has 0 unspecified atom stereocenters. The van der Waals surface area contributed by atoms with E-state index in [9.17, 15) is 14.7 Å². The fraction of sp³-hybridized carbons (Fsp3) is 0.414. The highest BCUT2D eigenvalue weighted by atomic mass is 35.5. The van der Waals surface area contributed by atoms with Gasteiger partial charge < -0.3 is 15.2 Å². The molecular weight excluding hydrogens is 504 g/mol. The predicted molar refractivity (Wildman–Crippen MR) is 146 cm³/mol. The fourth-order valence-corrected chi connectivity index (χ4v) is 5.22. The van der Waals surface area contributed by atoms with Crippen LogP contribution >= 0.6 is 11.6 Å². The molecule has 2 heterocycles. The number of amides is 1. The number of nitrogens with zero attached hydrogens (tertiary/aromatic N) is 3. The molecule has 1 amide bonds. The SMILES string of the molecule is Cn1nc(C(=O)NCc2ccc(Cl)cc2)c(=O)c2cc(CN3CCOCC3)cc(C#C[C@H]3CCC[C@@H]3O)c21. The van der Waals surface area contributed by atoms with Crippen LogP contribution in [0.15, 0.2) is 41.2 Å². The van der Waals surface area contributed by atoms with E-state index in [0.29, 0.717) is 41.2 Å². The van der Waals surface area contributed by atoms with Crippen LogP contribution in [0.25, 0.3) is 10.9 Å². The Morgan fingerprint density at radius 2 is 1.95 bits per heavy atom. The Bertz CT molecular complexity index is 1450. The number of carbonyl (C=O) groups excluding carboxylic acids is 1. The molecule has 2 aromatic carbocycles. The molecule has 8 nitrogen and oxygen atoms in total. The minimum atomic E-state index is -0.539. The number of halogens is 1. The first-order chi connectivity index (χ1) is 18.4. The van der Waals surface area contributed by atoms with Gasteiger partial charge in [-0.15, -0.1) is 0 Å². The van der Waals surface area contributed by atoms with Gasteiger partial charge in [-0.1, -0.05) is 35.6 Å². The number of aliphatic hydroxyl groups excluding tert-OH is 1. The highest BCUT2D eigenvalue weighted by molar-refractivity contribution is 6.30. The number of fused-ring (bicyclic) bond motifs is 1. The molecule has 2 atom stereocenters. The van der Waals surface area contributed by atoms with Crippen molar-refractivity contribution in [2.24, 2.45) is 13.0 Å². The van der Waals surface area contributed by atoms with E-state index in [4.69, 9.17) is 16.3 Å². The zero-order valence-corrected chi connectivity index (χ0v) is 22.1. The maximum atomic E-state index is 13.6. The van der Waals surface area contributed by atoms with Crippen molar-refractivity contribution in [2.45, 2.75) is 38.5 Å². The molecule has 0 radical (unpaired) electrons. The second-order valence-electron chi connectivity index (χ2n) is 9.91. The van der Waals surface area contributed by atoms with Crippen molar-refractivity contribution >= 4 is 28.4 Å². The Morgan fingerprint density at radius 3 is 2.66 bits per heavy atom. The first-order valence-corrected chi connectivity index (χ1v) is 13.3. The van der Waals surface area contributed by atoms with Crippen LogP contribution in [-0.2, 0) is 24.9 Å². The quantitative estimate of drug-likeness (QED) is 0.489. The van der Waals surface area contributed by atoms with Crippen LogP contribution in [0.1, 0.15) is 46.4 Å². The average molecular weight is 535 g/mol. The molecule has 1 saturated carbocycles. The normalized spacial score (nSPS) is 19.8. The third-order valence-electron chi connectivity index (χ3n) is 7.17. The number of morpholine rings is 1. The first-order valence-electron chi connectivity index (χ1n) is 13.0. The van der Waals surface area contributed by atoms with Gasteiger partial charge in [-0.05, 0) is 54.7 Å². The number of ether oxygens (including phenoxy) is 1. The summed E-state index contributed by atoms with van der Waals surface area (Å²) in [7, 11) is 1.72. The molecule has 0 bridgehead atoms. The Balaban J connectivity index is 1.52. The molecule has 1 aliphatic heterocycles. The van der Waals surface area contributed by atoms with Crippen molar-refractivity contribution < 1.29 is 14.6 Å². The third kappa shape index (κ3) is 5.92. The molecular formula is C29H31ClN4O4. The number of nitrogens with one attached hydrogen (secondary N) is 1. The number of rotatable bonds is 5. The van der Waals surface area contributed by atoms with Crippen molar-refractivity contribution in [3.05, 3.63) is 74.0 Å². The Kier molecular flexibility index (Phi) is 8.10.